The molecule has 0 aromatic heterocycles. The Morgan fingerprint density at radius 1 is 1.34 bits per heavy atom. The number of hydrogen-bond acceptors (Lipinski definition) is 4. The predicted molar refractivity (Wildman–Crippen MR) is 105 cm³/mol. The highest BCUT2D eigenvalue weighted by Crippen LogP contribution is 2.34. The maximum Gasteiger partial charge on any atom is 0.327 e. The van der Waals surface area contributed by atoms with Gasteiger partial charge in [-0.05, 0) is 31.6 Å². The maximum absolute atomic E-state index is 13.9. The van der Waals surface area contributed by atoms with Crippen LogP contribution in [0, 0.1) is 17.8 Å². The van der Waals surface area contributed by atoms with E-state index in [4.69, 9.17) is 0 Å². The summed E-state index contributed by atoms with van der Waals surface area (Å²) in [6, 6.07) is -0.756. The molecule has 7 heteroatoms. The van der Waals surface area contributed by atoms with Crippen molar-refractivity contribution >= 4 is 11.9 Å². The normalized spacial score (nSPS) is 20.5. The maximum atomic E-state index is 13.9. The SMILES string of the molecule is CCCC#CCC(C)C(O)/C=C/[C@H]1CC(F)(F)C(=O)N1CCCCCCC(=O)[O-]. The van der Waals surface area contributed by atoms with E-state index in [0.717, 1.165) is 17.7 Å². The molecule has 1 amide bonds. The van der Waals surface area contributed by atoms with Gasteiger partial charge in [0.05, 0.1) is 12.1 Å². The van der Waals surface area contributed by atoms with Crippen LogP contribution in [0.1, 0.15) is 71.6 Å². The Kier molecular flexibility index (Phi) is 10.9. The first-order valence-corrected chi connectivity index (χ1v) is 10.4. The molecule has 0 spiro atoms. The van der Waals surface area contributed by atoms with Crippen LogP contribution in [0.15, 0.2) is 12.2 Å². The van der Waals surface area contributed by atoms with Gasteiger partial charge in [-0.1, -0.05) is 38.8 Å². The number of aliphatic hydroxyl groups excluding tert-OH is 1. The van der Waals surface area contributed by atoms with Crippen LogP contribution in [0.4, 0.5) is 8.78 Å². The third kappa shape index (κ3) is 8.95. The second-order valence-corrected chi connectivity index (χ2v) is 7.67. The van der Waals surface area contributed by atoms with Crippen molar-refractivity contribution in [2.24, 2.45) is 5.92 Å². The second kappa shape index (κ2) is 12.6. The summed E-state index contributed by atoms with van der Waals surface area (Å²) in [6.45, 7) is 4.06. The van der Waals surface area contributed by atoms with Gasteiger partial charge in [-0.2, -0.15) is 8.78 Å². The third-order valence-corrected chi connectivity index (χ3v) is 5.01. The van der Waals surface area contributed by atoms with E-state index in [2.05, 4.69) is 11.8 Å². The molecule has 0 bridgehead atoms. The number of amides is 1. The first-order valence-electron chi connectivity index (χ1n) is 10.4. The standard InChI is InChI=1S/C22H33F2NO4/c1-3-4-5-8-11-17(2)19(26)14-13-18-16-22(23,24)21(29)25(18)15-10-7-6-9-12-20(27)28/h13-14,17-19,26H,3-4,6-7,9-12,15-16H2,1-2H3,(H,27,28)/p-1/b14-13+/t17?,18-,19?/m0/s1. The minimum absolute atomic E-state index is 0.0228. The number of hydrogen-bond donors (Lipinski definition) is 1. The van der Waals surface area contributed by atoms with Crippen LogP contribution in [0.25, 0.3) is 0 Å². The van der Waals surface area contributed by atoms with Crippen molar-refractivity contribution < 1.29 is 28.6 Å². The molecule has 0 aromatic rings. The van der Waals surface area contributed by atoms with E-state index in [1.54, 1.807) is 0 Å². The monoisotopic (exact) mass is 412 g/mol. The van der Waals surface area contributed by atoms with Crippen molar-refractivity contribution in [3.63, 3.8) is 0 Å². The molecule has 0 radical (unpaired) electrons. The van der Waals surface area contributed by atoms with E-state index >= 15 is 0 Å². The molecule has 1 N–H and O–H groups in total. The highest BCUT2D eigenvalue weighted by molar-refractivity contribution is 5.86. The summed E-state index contributed by atoms with van der Waals surface area (Å²) in [6.07, 6.45) is 6.12. The molecule has 1 fully saturated rings. The van der Waals surface area contributed by atoms with Gasteiger partial charge >= 0.3 is 5.92 Å². The molecule has 0 aliphatic carbocycles. The molecule has 1 rings (SSSR count). The highest BCUT2D eigenvalue weighted by Gasteiger charge is 2.52. The summed E-state index contributed by atoms with van der Waals surface area (Å²) in [5.41, 5.74) is 0. The Labute approximate surface area is 172 Å². The van der Waals surface area contributed by atoms with Crippen LogP contribution >= 0.6 is 0 Å². The smallest absolute Gasteiger partial charge is 0.327 e. The Bertz CT molecular complexity index is 624. The van der Waals surface area contributed by atoms with Crippen molar-refractivity contribution in [3.05, 3.63) is 12.2 Å². The van der Waals surface area contributed by atoms with Gasteiger partial charge in [0, 0.05) is 31.8 Å². The first-order chi connectivity index (χ1) is 13.7. The van der Waals surface area contributed by atoms with E-state index in [0.29, 0.717) is 32.1 Å². The third-order valence-electron chi connectivity index (χ3n) is 5.01. The van der Waals surface area contributed by atoms with E-state index < -0.39 is 36.4 Å². The summed E-state index contributed by atoms with van der Waals surface area (Å²) >= 11 is 0. The number of carboxylic acid groups (broad SMARTS) is 1. The average molecular weight is 412 g/mol. The topological polar surface area (TPSA) is 80.7 Å². The predicted octanol–water partition coefficient (Wildman–Crippen LogP) is 2.67. The fraction of sp³-hybridized carbons (Fsp3) is 0.727. The zero-order chi connectivity index (χ0) is 21.9. The number of nitrogens with zero attached hydrogens (tertiary/aromatic N) is 1. The minimum atomic E-state index is -3.40. The van der Waals surface area contributed by atoms with Crippen LogP contribution < -0.4 is 5.11 Å². The Balaban J connectivity index is 2.57. The Morgan fingerprint density at radius 3 is 2.69 bits per heavy atom. The molecule has 0 aromatic carbocycles. The molecule has 2 unspecified atom stereocenters. The molecule has 1 saturated heterocycles. The Morgan fingerprint density at radius 2 is 2.03 bits per heavy atom. The number of halogens is 2. The molecule has 1 heterocycles. The summed E-state index contributed by atoms with van der Waals surface area (Å²) in [7, 11) is 0. The number of carboxylic acids is 1. The van der Waals surface area contributed by atoms with E-state index in [-0.39, 0.29) is 18.9 Å². The minimum Gasteiger partial charge on any atom is -0.550 e. The van der Waals surface area contributed by atoms with Crippen molar-refractivity contribution in [2.45, 2.75) is 89.7 Å². The van der Waals surface area contributed by atoms with Crippen LogP contribution in [-0.4, -0.2) is 46.5 Å². The van der Waals surface area contributed by atoms with Crippen molar-refractivity contribution in [2.75, 3.05) is 6.54 Å². The van der Waals surface area contributed by atoms with Gasteiger partial charge in [0.25, 0.3) is 5.91 Å². The van der Waals surface area contributed by atoms with Crippen LogP contribution in [0.5, 0.6) is 0 Å². The number of rotatable bonds is 12. The number of unbranched alkanes of at least 4 members (excludes halogenated alkanes) is 4. The van der Waals surface area contributed by atoms with E-state index in [1.165, 1.54) is 12.2 Å². The van der Waals surface area contributed by atoms with Gasteiger partial charge in [-0.15, -0.1) is 11.8 Å². The summed E-state index contributed by atoms with van der Waals surface area (Å²) in [5.74, 6) is 0.200. The number of carbonyl (C=O) groups is 2. The lowest BCUT2D eigenvalue weighted by Crippen LogP contribution is -2.36. The number of aliphatic hydroxyl groups is 1. The largest absolute Gasteiger partial charge is 0.550 e. The lowest BCUT2D eigenvalue weighted by atomic mass is 9.99. The van der Waals surface area contributed by atoms with Crippen molar-refractivity contribution in [1.29, 1.82) is 0 Å². The number of aliphatic carboxylic acids is 1. The lowest BCUT2D eigenvalue weighted by Gasteiger charge is -2.22. The van der Waals surface area contributed by atoms with Gasteiger partial charge in [0.1, 0.15) is 0 Å². The molecule has 29 heavy (non-hydrogen) atoms. The fourth-order valence-electron chi connectivity index (χ4n) is 3.16. The molecule has 0 saturated carbocycles. The quantitative estimate of drug-likeness (QED) is 0.304. The average Bonchev–Trinajstić information content (AvgIpc) is 2.88. The first kappa shape index (κ1) is 25.1. The number of carbonyl (C=O) groups excluding carboxylic acids is 2. The van der Waals surface area contributed by atoms with Crippen LogP contribution in [0.3, 0.4) is 0 Å². The summed E-state index contributed by atoms with van der Waals surface area (Å²) < 4.78 is 27.8. The van der Waals surface area contributed by atoms with Gasteiger partial charge in [-0.3, -0.25) is 4.79 Å². The second-order valence-electron chi connectivity index (χ2n) is 7.67. The summed E-state index contributed by atoms with van der Waals surface area (Å²) in [4.78, 5) is 23.5. The van der Waals surface area contributed by atoms with Crippen molar-refractivity contribution in [3.8, 4) is 11.8 Å². The number of alkyl halides is 2. The van der Waals surface area contributed by atoms with E-state index in [1.807, 2.05) is 13.8 Å². The van der Waals surface area contributed by atoms with Gasteiger partial charge in [0.2, 0.25) is 0 Å². The van der Waals surface area contributed by atoms with Gasteiger partial charge in [-0.25, -0.2) is 0 Å². The number of likely N-dealkylation sites (tertiary alicyclic amines) is 1. The molecule has 5 nitrogen and oxygen atoms in total. The molecule has 1 aliphatic rings. The van der Waals surface area contributed by atoms with Gasteiger partial charge in [0.15, 0.2) is 0 Å². The van der Waals surface area contributed by atoms with E-state index in [9.17, 15) is 28.6 Å². The lowest BCUT2D eigenvalue weighted by molar-refractivity contribution is -0.305. The van der Waals surface area contributed by atoms with Gasteiger partial charge < -0.3 is 19.9 Å². The summed E-state index contributed by atoms with van der Waals surface area (Å²) in [5, 5.41) is 20.6. The fourth-order valence-corrected chi connectivity index (χ4v) is 3.16. The Hall–Kier alpha value is -1.94. The van der Waals surface area contributed by atoms with Crippen molar-refractivity contribution in [1.82, 2.24) is 4.90 Å². The van der Waals surface area contributed by atoms with Crippen LogP contribution in [0.2, 0.25) is 0 Å². The molecule has 3 atom stereocenters. The zero-order valence-electron chi connectivity index (χ0n) is 17.3. The zero-order valence-corrected chi connectivity index (χ0v) is 17.3. The molecular formula is C22H32F2NO4-. The molecular weight excluding hydrogens is 380 g/mol. The van der Waals surface area contributed by atoms with Crippen LogP contribution in [-0.2, 0) is 9.59 Å². The highest BCUT2D eigenvalue weighted by atomic mass is 19.3. The molecule has 164 valence electrons. The molecule has 1 aliphatic heterocycles.